The number of benzene rings is 1. The van der Waals surface area contributed by atoms with Crippen molar-refractivity contribution >= 4 is 16.7 Å². The minimum atomic E-state index is -0.212. The molecule has 1 aromatic heterocycles. The highest BCUT2D eigenvalue weighted by Gasteiger charge is 2.34. The highest BCUT2D eigenvalue weighted by molar-refractivity contribution is 5.89. The summed E-state index contributed by atoms with van der Waals surface area (Å²) in [5.74, 6) is 1.50. The van der Waals surface area contributed by atoms with Gasteiger partial charge < -0.3 is 4.90 Å². The Morgan fingerprint density at radius 3 is 2.86 bits per heavy atom. The smallest absolute Gasteiger partial charge is 0.140 e. The molecule has 21 heavy (non-hydrogen) atoms. The molecule has 0 amide bonds. The molecule has 2 aromatic rings. The Labute approximate surface area is 124 Å². The molecular weight excluding hydrogens is 265 g/mol. The molecule has 2 aliphatic rings. The molecule has 1 saturated heterocycles. The number of anilines is 1. The van der Waals surface area contributed by atoms with Gasteiger partial charge in [-0.25, -0.2) is 14.4 Å². The molecule has 2 unspecified atom stereocenters. The zero-order valence-electron chi connectivity index (χ0n) is 12.1. The number of fused-ring (bicyclic) bond motifs is 2. The van der Waals surface area contributed by atoms with Crippen molar-refractivity contribution < 1.29 is 4.39 Å². The molecule has 1 saturated carbocycles. The summed E-state index contributed by atoms with van der Waals surface area (Å²) >= 11 is 0. The number of nitrogens with zero attached hydrogens (tertiary/aromatic N) is 3. The van der Waals surface area contributed by atoms with E-state index in [1.807, 2.05) is 0 Å². The molecule has 1 aliphatic heterocycles. The number of rotatable bonds is 1. The van der Waals surface area contributed by atoms with Gasteiger partial charge >= 0.3 is 0 Å². The van der Waals surface area contributed by atoms with E-state index in [1.54, 1.807) is 18.5 Å². The summed E-state index contributed by atoms with van der Waals surface area (Å²) in [5.41, 5.74) is 0.833. The van der Waals surface area contributed by atoms with Gasteiger partial charge in [-0.15, -0.1) is 0 Å². The zero-order valence-corrected chi connectivity index (χ0v) is 12.1. The maximum atomic E-state index is 13.6. The first-order valence-corrected chi connectivity index (χ1v) is 8.00. The van der Waals surface area contributed by atoms with Crippen molar-refractivity contribution in [3.05, 3.63) is 30.3 Å². The van der Waals surface area contributed by atoms with E-state index in [2.05, 4.69) is 14.9 Å². The normalized spacial score (nSPS) is 25.9. The van der Waals surface area contributed by atoms with E-state index in [0.29, 0.717) is 6.04 Å². The summed E-state index contributed by atoms with van der Waals surface area (Å²) in [7, 11) is 0. The van der Waals surface area contributed by atoms with Crippen molar-refractivity contribution in [2.45, 2.75) is 44.6 Å². The van der Waals surface area contributed by atoms with Gasteiger partial charge in [0.2, 0.25) is 0 Å². The molecule has 0 spiro atoms. The topological polar surface area (TPSA) is 29.0 Å². The SMILES string of the molecule is Fc1ccc2ncnc(N3CCCC4CCCCC43)c2c1. The van der Waals surface area contributed by atoms with Gasteiger partial charge in [-0.1, -0.05) is 12.8 Å². The minimum absolute atomic E-state index is 0.212. The lowest BCUT2D eigenvalue weighted by molar-refractivity contribution is 0.243. The molecule has 1 aliphatic carbocycles. The van der Waals surface area contributed by atoms with Crippen molar-refractivity contribution in [2.75, 3.05) is 11.4 Å². The fourth-order valence-electron chi connectivity index (χ4n) is 4.13. The monoisotopic (exact) mass is 285 g/mol. The second-order valence-corrected chi connectivity index (χ2v) is 6.31. The van der Waals surface area contributed by atoms with Crippen LogP contribution in [-0.4, -0.2) is 22.6 Å². The van der Waals surface area contributed by atoms with Gasteiger partial charge in [0.15, 0.2) is 0 Å². The third kappa shape index (κ3) is 2.27. The molecule has 0 bridgehead atoms. The molecule has 0 N–H and O–H groups in total. The maximum Gasteiger partial charge on any atom is 0.140 e. The number of piperidine rings is 1. The van der Waals surface area contributed by atoms with Gasteiger partial charge in [-0.3, -0.25) is 0 Å². The molecule has 110 valence electrons. The van der Waals surface area contributed by atoms with Gasteiger partial charge in [0.05, 0.1) is 5.52 Å². The van der Waals surface area contributed by atoms with Crippen LogP contribution in [0.15, 0.2) is 24.5 Å². The molecule has 1 aromatic carbocycles. The third-order valence-corrected chi connectivity index (χ3v) is 5.09. The molecule has 0 radical (unpaired) electrons. The summed E-state index contributed by atoms with van der Waals surface area (Å²) in [6.45, 7) is 1.03. The molecule has 3 nitrogen and oxygen atoms in total. The average Bonchev–Trinajstić information content (AvgIpc) is 2.54. The van der Waals surface area contributed by atoms with E-state index in [9.17, 15) is 4.39 Å². The van der Waals surface area contributed by atoms with Crippen LogP contribution in [0, 0.1) is 11.7 Å². The fourth-order valence-corrected chi connectivity index (χ4v) is 4.13. The second-order valence-electron chi connectivity index (χ2n) is 6.31. The number of aromatic nitrogens is 2. The van der Waals surface area contributed by atoms with Gasteiger partial charge in [-0.05, 0) is 49.8 Å². The highest BCUT2D eigenvalue weighted by atomic mass is 19.1. The van der Waals surface area contributed by atoms with Gasteiger partial charge in [0.1, 0.15) is 18.0 Å². The van der Waals surface area contributed by atoms with E-state index in [-0.39, 0.29) is 5.82 Å². The Kier molecular flexibility index (Phi) is 3.24. The van der Waals surface area contributed by atoms with Crippen LogP contribution in [0.5, 0.6) is 0 Å². The number of hydrogen-bond acceptors (Lipinski definition) is 3. The summed E-state index contributed by atoms with van der Waals surface area (Å²) in [4.78, 5) is 11.2. The zero-order chi connectivity index (χ0) is 14.2. The number of hydrogen-bond donors (Lipinski definition) is 0. The van der Waals surface area contributed by atoms with Gasteiger partial charge in [0.25, 0.3) is 0 Å². The van der Waals surface area contributed by atoms with Crippen LogP contribution in [-0.2, 0) is 0 Å². The molecular formula is C17H20FN3. The first kappa shape index (κ1) is 13.0. The predicted molar refractivity (Wildman–Crippen MR) is 81.8 cm³/mol. The van der Waals surface area contributed by atoms with E-state index in [4.69, 9.17) is 0 Å². The van der Waals surface area contributed by atoms with Crippen LogP contribution >= 0.6 is 0 Å². The minimum Gasteiger partial charge on any atom is -0.353 e. The first-order chi connectivity index (χ1) is 10.3. The maximum absolute atomic E-state index is 13.6. The number of halogens is 1. The van der Waals surface area contributed by atoms with Crippen molar-refractivity contribution in [3.63, 3.8) is 0 Å². The van der Waals surface area contributed by atoms with Crippen molar-refractivity contribution in [1.82, 2.24) is 9.97 Å². The molecule has 2 fully saturated rings. The molecule has 2 atom stereocenters. The highest BCUT2D eigenvalue weighted by Crippen LogP contribution is 2.38. The molecule has 4 heteroatoms. The molecule has 4 rings (SSSR count). The lowest BCUT2D eigenvalue weighted by Gasteiger charge is -2.45. The predicted octanol–water partition coefficient (Wildman–Crippen LogP) is 3.93. The van der Waals surface area contributed by atoms with E-state index < -0.39 is 0 Å². The Morgan fingerprint density at radius 2 is 1.90 bits per heavy atom. The summed E-state index contributed by atoms with van der Waals surface area (Å²) in [6.07, 6.45) is 9.38. The Morgan fingerprint density at radius 1 is 1.05 bits per heavy atom. The van der Waals surface area contributed by atoms with Crippen LogP contribution in [0.3, 0.4) is 0 Å². The van der Waals surface area contributed by atoms with Gasteiger partial charge in [0, 0.05) is 18.0 Å². The third-order valence-electron chi connectivity index (χ3n) is 5.09. The largest absolute Gasteiger partial charge is 0.353 e. The van der Waals surface area contributed by atoms with Crippen LogP contribution in [0.25, 0.3) is 10.9 Å². The van der Waals surface area contributed by atoms with Crippen molar-refractivity contribution in [2.24, 2.45) is 5.92 Å². The lowest BCUT2D eigenvalue weighted by Crippen LogP contribution is -2.47. The quantitative estimate of drug-likeness (QED) is 0.795. The van der Waals surface area contributed by atoms with Crippen molar-refractivity contribution in [3.8, 4) is 0 Å². The summed E-state index contributed by atoms with van der Waals surface area (Å²) in [5, 5.41) is 0.851. The Balaban J connectivity index is 1.79. The van der Waals surface area contributed by atoms with E-state index >= 15 is 0 Å². The van der Waals surface area contributed by atoms with Crippen LogP contribution in [0.4, 0.5) is 10.2 Å². The average molecular weight is 285 g/mol. The Bertz CT molecular complexity index is 656. The van der Waals surface area contributed by atoms with Crippen molar-refractivity contribution in [1.29, 1.82) is 0 Å². The van der Waals surface area contributed by atoms with Crippen LogP contribution < -0.4 is 4.90 Å². The standard InChI is InChI=1S/C17H20FN3/c18-13-7-8-15-14(10-13)17(20-11-19-15)21-9-3-5-12-4-1-2-6-16(12)21/h7-8,10-12,16H,1-6,9H2. The fraction of sp³-hybridized carbons (Fsp3) is 0.529. The summed E-state index contributed by atoms with van der Waals surface area (Å²) in [6, 6.07) is 5.38. The second kappa shape index (κ2) is 5.24. The Hall–Kier alpha value is -1.71. The van der Waals surface area contributed by atoms with Gasteiger partial charge in [-0.2, -0.15) is 0 Å². The first-order valence-electron chi connectivity index (χ1n) is 8.00. The van der Waals surface area contributed by atoms with Crippen LogP contribution in [0.2, 0.25) is 0 Å². The summed E-state index contributed by atoms with van der Waals surface area (Å²) < 4.78 is 13.6. The van der Waals surface area contributed by atoms with E-state index in [0.717, 1.165) is 29.2 Å². The molecule has 2 heterocycles. The van der Waals surface area contributed by atoms with E-state index in [1.165, 1.54) is 44.6 Å². The van der Waals surface area contributed by atoms with Crippen LogP contribution in [0.1, 0.15) is 38.5 Å². The lowest BCUT2D eigenvalue weighted by atomic mass is 9.78.